The minimum Gasteiger partial charge on any atom is -0.497 e. The van der Waals surface area contributed by atoms with Crippen molar-refractivity contribution in [1.29, 1.82) is 0 Å². The van der Waals surface area contributed by atoms with Gasteiger partial charge in [-0.3, -0.25) is 0 Å². The molecule has 1 aromatic carbocycles. The van der Waals surface area contributed by atoms with Crippen LogP contribution in [-0.2, 0) is 22.9 Å². The highest BCUT2D eigenvalue weighted by molar-refractivity contribution is 7.88. The number of methoxy groups -OCH3 is 1. The Morgan fingerprint density at radius 2 is 2.00 bits per heavy atom. The van der Waals surface area contributed by atoms with Crippen LogP contribution >= 0.6 is 11.3 Å². The van der Waals surface area contributed by atoms with Crippen LogP contribution < -0.4 is 14.8 Å². The molecule has 1 saturated carbocycles. The highest BCUT2D eigenvalue weighted by atomic mass is 32.2. The second kappa shape index (κ2) is 8.62. The van der Waals surface area contributed by atoms with Gasteiger partial charge in [0.1, 0.15) is 5.75 Å². The standard InChI is InChI=1S/C21H29N3O3S2/c1-27-17-10-11-18-15(12-17)4-3-5-19-20(18)23-21(28-19)22-13-14-6-8-16(9-7-14)24-29(2,25)26/h10-12,14,16,24H,3-9,13H2,1-2H3,(H,22,23)/t14-,16-. The second-order valence-electron chi connectivity index (χ2n) is 8.16. The maximum atomic E-state index is 11.4. The number of sulfonamides is 1. The van der Waals surface area contributed by atoms with E-state index >= 15 is 0 Å². The molecule has 1 fully saturated rings. The van der Waals surface area contributed by atoms with Crippen LogP contribution in [0, 0.1) is 5.92 Å². The number of aromatic nitrogens is 1. The van der Waals surface area contributed by atoms with Crippen molar-refractivity contribution >= 4 is 26.5 Å². The summed E-state index contributed by atoms with van der Waals surface area (Å²) in [7, 11) is -1.40. The van der Waals surface area contributed by atoms with Gasteiger partial charge in [-0.05, 0) is 74.6 Å². The van der Waals surface area contributed by atoms with Crippen molar-refractivity contribution in [2.24, 2.45) is 5.92 Å². The third-order valence-electron chi connectivity index (χ3n) is 5.88. The first-order valence-electron chi connectivity index (χ1n) is 10.3. The van der Waals surface area contributed by atoms with Gasteiger partial charge in [0.05, 0.1) is 19.1 Å². The molecule has 1 heterocycles. The molecular formula is C21H29N3O3S2. The number of thiazole rings is 1. The monoisotopic (exact) mass is 435 g/mol. The number of aryl methyl sites for hydroxylation is 2. The van der Waals surface area contributed by atoms with Gasteiger partial charge in [-0.15, -0.1) is 11.3 Å². The van der Waals surface area contributed by atoms with Gasteiger partial charge in [0.2, 0.25) is 10.0 Å². The lowest BCUT2D eigenvalue weighted by atomic mass is 9.86. The van der Waals surface area contributed by atoms with Crippen molar-refractivity contribution in [3.63, 3.8) is 0 Å². The van der Waals surface area contributed by atoms with Gasteiger partial charge in [-0.2, -0.15) is 0 Å². The minimum atomic E-state index is -3.11. The molecule has 158 valence electrons. The molecule has 6 nitrogen and oxygen atoms in total. The van der Waals surface area contributed by atoms with E-state index in [4.69, 9.17) is 9.72 Å². The molecule has 0 aliphatic heterocycles. The van der Waals surface area contributed by atoms with Crippen LogP contribution in [0.1, 0.15) is 42.5 Å². The second-order valence-corrected chi connectivity index (χ2v) is 11.0. The Morgan fingerprint density at radius 1 is 1.21 bits per heavy atom. The highest BCUT2D eigenvalue weighted by Gasteiger charge is 2.24. The van der Waals surface area contributed by atoms with Gasteiger partial charge in [-0.25, -0.2) is 18.1 Å². The zero-order valence-corrected chi connectivity index (χ0v) is 18.7. The molecule has 2 aromatic rings. The zero-order chi connectivity index (χ0) is 20.4. The fourth-order valence-corrected chi connectivity index (χ4v) is 6.27. The van der Waals surface area contributed by atoms with E-state index < -0.39 is 10.0 Å². The molecule has 0 unspecified atom stereocenters. The molecule has 2 N–H and O–H groups in total. The van der Waals surface area contributed by atoms with Crippen molar-refractivity contribution < 1.29 is 13.2 Å². The molecule has 2 aliphatic carbocycles. The van der Waals surface area contributed by atoms with Gasteiger partial charge in [0.15, 0.2) is 5.13 Å². The van der Waals surface area contributed by atoms with Crippen LogP contribution in [0.4, 0.5) is 5.13 Å². The Labute approximate surface area is 177 Å². The summed E-state index contributed by atoms with van der Waals surface area (Å²) in [5.41, 5.74) is 3.67. The summed E-state index contributed by atoms with van der Waals surface area (Å²) in [4.78, 5) is 6.29. The van der Waals surface area contributed by atoms with E-state index in [2.05, 4.69) is 22.2 Å². The maximum Gasteiger partial charge on any atom is 0.208 e. The molecular weight excluding hydrogens is 406 g/mol. The normalized spacial score (nSPS) is 21.7. The predicted molar refractivity (Wildman–Crippen MR) is 118 cm³/mol. The number of nitrogens with zero attached hydrogens (tertiary/aromatic N) is 1. The van der Waals surface area contributed by atoms with Crippen LogP contribution in [0.5, 0.6) is 5.75 Å². The van der Waals surface area contributed by atoms with Crippen molar-refractivity contribution in [2.75, 3.05) is 25.2 Å². The van der Waals surface area contributed by atoms with Crippen molar-refractivity contribution in [3.05, 3.63) is 28.6 Å². The van der Waals surface area contributed by atoms with E-state index in [1.807, 2.05) is 6.07 Å². The van der Waals surface area contributed by atoms with Crippen LogP contribution in [0.15, 0.2) is 18.2 Å². The SMILES string of the molecule is COc1ccc2c(c1)CCCc1sc(NC[C@H]3CC[C@H](NS(C)(=O)=O)CC3)nc1-2. The van der Waals surface area contributed by atoms with E-state index in [-0.39, 0.29) is 6.04 Å². The Hall–Kier alpha value is -1.64. The van der Waals surface area contributed by atoms with E-state index in [0.717, 1.165) is 68.1 Å². The highest BCUT2D eigenvalue weighted by Crippen LogP contribution is 2.38. The van der Waals surface area contributed by atoms with E-state index in [0.29, 0.717) is 5.92 Å². The summed E-state index contributed by atoms with van der Waals surface area (Å²) in [6, 6.07) is 6.38. The number of nitrogens with one attached hydrogen (secondary N) is 2. The molecule has 29 heavy (non-hydrogen) atoms. The van der Waals surface area contributed by atoms with Gasteiger partial charge in [-0.1, -0.05) is 0 Å². The lowest BCUT2D eigenvalue weighted by Crippen LogP contribution is -2.37. The number of hydrogen-bond acceptors (Lipinski definition) is 6. The number of hydrogen-bond donors (Lipinski definition) is 2. The largest absolute Gasteiger partial charge is 0.497 e. The first-order chi connectivity index (χ1) is 13.9. The van der Waals surface area contributed by atoms with Crippen LogP contribution in [0.25, 0.3) is 11.3 Å². The van der Waals surface area contributed by atoms with Crippen molar-refractivity contribution in [1.82, 2.24) is 9.71 Å². The van der Waals surface area contributed by atoms with Crippen LogP contribution in [0.2, 0.25) is 0 Å². The zero-order valence-electron chi connectivity index (χ0n) is 17.0. The topological polar surface area (TPSA) is 80.3 Å². The van der Waals surface area contributed by atoms with Crippen LogP contribution in [-0.4, -0.2) is 39.4 Å². The Morgan fingerprint density at radius 3 is 2.72 bits per heavy atom. The van der Waals surface area contributed by atoms with E-state index in [9.17, 15) is 8.42 Å². The van der Waals surface area contributed by atoms with Gasteiger partial charge in [0.25, 0.3) is 0 Å². The molecule has 8 heteroatoms. The van der Waals surface area contributed by atoms with Gasteiger partial charge >= 0.3 is 0 Å². The average molecular weight is 436 g/mol. The van der Waals surface area contributed by atoms with E-state index in [1.54, 1.807) is 18.4 Å². The molecule has 4 rings (SSSR count). The number of ether oxygens (including phenoxy) is 1. The molecule has 0 amide bonds. The van der Waals surface area contributed by atoms with Gasteiger partial charge in [0, 0.05) is 23.0 Å². The fourth-order valence-electron chi connectivity index (χ4n) is 4.40. The number of rotatable bonds is 6. The molecule has 0 spiro atoms. The van der Waals surface area contributed by atoms with E-state index in [1.165, 1.54) is 22.3 Å². The summed E-state index contributed by atoms with van der Waals surface area (Å²) in [5.74, 6) is 1.47. The Balaban J connectivity index is 1.39. The molecule has 0 saturated heterocycles. The Kier molecular flexibility index (Phi) is 6.13. The first kappa shape index (κ1) is 20.6. The molecule has 0 radical (unpaired) electrons. The lowest BCUT2D eigenvalue weighted by molar-refractivity contribution is 0.324. The van der Waals surface area contributed by atoms with Crippen molar-refractivity contribution in [3.8, 4) is 17.0 Å². The quantitative estimate of drug-likeness (QED) is 0.721. The minimum absolute atomic E-state index is 0.0886. The molecule has 0 bridgehead atoms. The number of fused-ring (bicyclic) bond motifs is 3. The maximum absolute atomic E-state index is 11.4. The Bertz CT molecular complexity index is 964. The predicted octanol–water partition coefficient (Wildman–Crippen LogP) is 3.83. The lowest BCUT2D eigenvalue weighted by Gasteiger charge is -2.28. The van der Waals surface area contributed by atoms with Crippen LogP contribution in [0.3, 0.4) is 0 Å². The molecule has 1 aromatic heterocycles. The van der Waals surface area contributed by atoms with Gasteiger partial charge < -0.3 is 10.1 Å². The summed E-state index contributed by atoms with van der Waals surface area (Å²) in [6.45, 7) is 0.896. The average Bonchev–Trinajstić information content (AvgIpc) is 3.01. The third-order valence-corrected chi connectivity index (χ3v) is 7.72. The molecule has 2 aliphatic rings. The van der Waals surface area contributed by atoms with Crippen molar-refractivity contribution in [2.45, 2.75) is 51.0 Å². The molecule has 0 atom stereocenters. The number of anilines is 1. The number of benzene rings is 1. The third kappa shape index (κ3) is 5.10. The smallest absolute Gasteiger partial charge is 0.208 e. The first-order valence-corrected chi connectivity index (χ1v) is 13.0. The summed E-state index contributed by atoms with van der Waals surface area (Å²) in [6.07, 6.45) is 8.37. The summed E-state index contributed by atoms with van der Waals surface area (Å²) >= 11 is 1.77. The summed E-state index contributed by atoms with van der Waals surface area (Å²) in [5, 5.41) is 4.55. The fraction of sp³-hybridized carbons (Fsp3) is 0.571. The summed E-state index contributed by atoms with van der Waals surface area (Å²) < 4.78 is 30.9.